The van der Waals surface area contributed by atoms with Crippen LogP contribution in [0.3, 0.4) is 0 Å². The highest BCUT2D eigenvalue weighted by molar-refractivity contribution is 6.30. The zero-order valence-electron chi connectivity index (χ0n) is 27.8. The minimum Gasteiger partial charge on any atom is -0.493 e. The van der Waals surface area contributed by atoms with Crippen molar-refractivity contribution in [2.75, 3.05) is 25.1 Å². The summed E-state index contributed by atoms with van der Waals surface area (Å²) in [6.45, 7) is 12.4. The molecule has 246 valence electrons. The van der Waals surface area contributed by atoms with Crippen molar-refractivity contribution in [2.45, 2.75) is 84.2 Å². The molecule has 2 amide bonds. The van der Waals surface area contributed by atoms with E-state index in [2.05, 4.69) is 0 Å². The summed E-state index contributed by atoms with van der Waals surface area (Å²) in [4.78, 5) is 30.0. The van der Waals surface area contributed by atoms with Crippen molar-refractivity contribution in [2.24, 2.45) is 5.92 Å². The van der Waals surface area contributed by atoms with Gasteiger partial charge in [-0.3, -0.25) is 4.79 Å². The molecule has 2 atom stereocenters. The lowest BCUT2D eigenvalue weighted by Crippen LogP contribution is -2.45. The summed E-state index contributed by atoms with van der Waals surface area (Å²) in [5, 5.41) is 12.4. The Morgan fingerprint density at radius 3 is 2.15 bits per heavy atom. The molecule has 0 aromatic heterocycles. The van der Waals surface area contributed by atoms with Gasteiger partial charge in [0.1, 0.15) is 5.60 Å². The number of ether oxygens (including phenoxy) is 3. The molecule has 0 radical (unpaired) electrons. The fourth-order valence-corrected chi connectivity index (χ4v) is 6.60. The zero-order valence-corrected chi connectivity index (χ0v) is 28.6. The minimum absolute atomic E-state index is 0.0447. The van der Waals surface area contributed by atoms with Crippen LogP contribution in [0.5, 0.6) is 11.5 Å². The SMILES string of the molecule is COc1cc2c(cc1OC(C)C)[C@H](c1ccc(Cl)cc1)N(c1ccc(C(C)(O)C3CCN(C(=O)OC(C)(C)C)CC3)cc1)C(=O)C2. The number of anilines is 1. The zero-order chi connectivity index (χ0) is 33.4. The molecular weight excluding hydrogens is 604 g/mol. The maximum absolute atomic E-state index is 13.9. The van der Waals surface area contributed by atoms with Crippen molar-refractivity contribution in [1.82, 2.24) is 4.90 Å². The fraction of sp³-hybridized carbons (Fsp3) is 0.459. The molecule has 3 aromatic carbocycles. The van der Waals surface area contributed by atoms with Crippen LogP contribution in [-0.4, -0.2) is 53.9 Å². The summed E-state index contributed by atoms with van der Waals surface area (Å²) in [7, 11) is 1.60. The van der Waals surface area contributed by atoms with Crippen LogP contribution in [0.4, 0.5) is 10.5 Å². The first kappa shape index (κ1) is 33.6. The van der Waals surface area contributed by atoms with E-state index < -0.39 is 17.2 Å². The summed E-state index contributed by atoms with van der Waals surface area (Å²) in [5.74, 6) is 1.11. The predicted molar refractivity (Wildman–Crippen MR) is 180 cm³/mol. The Hall–Kier alpha value is -3.75. The summed E-state index contributed by atoms with van der Waals surface area (Å²) < 4.78 is 17.3. The molecule has 5 rings (SSSR count). The van der Waals surface area contributed by atoms with Crippen molar-refractivity contribution in [3.63, 3.8) is 0 Å². The van der Waals surface area contributed by atoms with E-state index in [4.69, 9.17) is 25.8 Å². The number of aliphatic hydroxyl groups is 1. The van der Waals surface area contributed by atoms with Gasteiger partial charge in [0.2, 0.25) is 5.91 Å². The molecular formula is C37H45ClN2O6. The monoisotopic (exact) mass is 648 g/mol. The highest BCUT2D eigenvalue weighted by Gasteiger charge is 2.39. The van der Waals surface area contributed by atoms with Gasteiger partial charge in [0.25, 0.3) is 0 Å². The minimum atomic E-state index is -1.12. The topological polar surface area (TPSA) is 88.5 Å². The van der Waals surface area contributed by atoms with E-state index >= 15 is 0 Å². The van der Waals surface area contributed by atoms with Crippen molar-refractivity contribution < 1.29 is 28.9 Å². The van der Waals surface area contributed by atoms with Crippen LogP contribution >= 0.6 is 11.6 Å². The predicted octanol–water partition coefficient (Wildman–Crippen LogP) is 7.67. The maximum atomic E-state index is 13.9. The summed E-state index contributed by atoms with van der Waals surface area (Å²) in [6.07, 6.45) is 1.12. The smallest absolute Gasteiger partial charge is 0.410 e. The highest BCUT2D eigenvalue weighted by atomic mass is 35.5. The van der Waals surface area contributed by atoms with Gasteiger partial charge < -0.3 is 29.1 Å². The van der Waals surface area contributed by atoms with Gasteiger partial charge in [-0.2, -0.15) is 0 Å². The van der Waals surface area contributed by atoms with Gasteiger partial charge in [-0.15, -0.1) is 0 Å². The molecule has 2 aliphatic heterocycles. The van der Waals surface area contributed by atoms with Crippen LogP contribution < -0.4 is 14.4 Å². The van der Waals surface area contributed by atoms with Gasteiger partial charge in [0.05, 0.1) is 31.3 Å². The third-order valence-electron chi connectivity index (χ3n) is 8.81. The first-order valence-corrected chi connectivity index (χ1v) is 16.3. The summed E-state index contributed by atoms with van der Waals surface area (Å²) >= 11 is 6.26. The molecule has 9 heteroatoms. The number of rotatable bonds is 7. The first-order valence-electron chi connectivity index (χ1n) is 15.9. The van der Waals surface area contributed by atoms with Crippen LogP contribution in [0.2, 0.25) is 5.02 Å². The number of carbonyl (C=O) groups excluding carboxylic acids is 2. The molecule has 0 saturated carbocycles. The largest absolute Gasteiger partial charge is 0.493 e. The number of halogens is 1. The van der Waals surface area contributed by atoms with Gasteiger partial charge in [0.15, 0.2) is 11.5 Å². The number of carbonyl (C=O) groups is 2. The van der Waals surface area contributed by atoms with E-state index in [1.165, 1.54) is 0 Å². The second-order valence-electron chi connectivity index (χ2n) is 13.7. The van der Waals surface area contributed by atoms with Crippen molar-refractivity contribution in [1.29, 1.82) is 0 Å². The fourth-order valence-electron chi connectivity index (χ4n) is 6.47. The third-order valence-corrected chi connectivity index (χ3v) is 9.06. The number of benzene rings is 3. The lowest BCUT2D eigenvalue weighted by atomic mass is 9.77. The molecule has 46 heavy (non-hydrogen) atoms. The molecule has 2 heterocycles. The molecule has 8 nitrogen and oxygen atoms in total. The normalized spacial score (nSPS) is 18.7. The summed E-state index contributed by atoms with van der Waals surface area (Å²) in [5.41, 5.74) is 2.55. The molecule has 1 unspecified atom stereocenters. The Morgan fingerprint density at radius 2 is 1.59 bits per heavy atom. The highest BCUT2D eigenvalue weighted by Crippen LogP contribution is 2.44. The van der Waals surface area contributed by atoms with E-state index in [-0.39, 0.29) is 30.4 Å². The molecule has 2 aliphatic rings. The average Bonchev–Trinajstić information content (AvgIpc) is 3.00. The Balaban J connectivity index is 1.44. The molecule has 3 aromatic rings. The third kappa shape index (κ3) is 7.13. The van der Waals surface area contributed by atoms with Gasteiger partial charge in [0, 0.05) is 23.8 Å². The van der Waals surface area contributed by atoms with Gasteiger partial charge in [-0.25, -0.2) is 4.79 Å². The van der Waals surface area contributed by atoms with Crippen LogP contribution in [0.1, 0.15) is 82.7 Å². The van der Waals surface area contributed by atoms with Gasteiger partial charge in [-0.05, 0) is 119 Å². The van der Waals surface area contributed by atoms with Crippen LogP contribution in [0.15, 0.2) is 60.7 Å². The Morgan fingerprint density at radius 1 is 0.957 bits per heavy atom. The molecule has 1 N–H and O–H groups in total. The quantitative estimate of drug-likeness (QED) is 0.283. The standard InChI is InChI=1S/C37H45ClN2O6/c1-23(2)45-32-22-30-25(20-31(32)44-7)21-33(41)40(34(30)24-8-12-28(38)13-9-24)29-14-10-26(11-15-29)37(6,43)27-16-18-39(19-17-27)35(42)46-36(3,4)5/h8-15,20,22-23,27,34,43H,16-19,21H2,1-7H3/t34-,37?/m0/s1. The maximum Gasteiger partial charge on any atom is 0.410 e. The number of fused-ring (bicyclic) bond motifs is 1. The Kier molecular flexibility index (Phi) is 9.62. The van der Waals surface area contributed by atoms with Gasteiger partial charge >= 0.3 is 6.09 Å². The number of hydrogen-bond donors (Lipinski definition) is 1. The lowest BCUT2D eigenvalue weighted by molar-refractivity contribution is -0.118. The second kappa shape index (κ2) is 13.2. The van der Waals surface area contributed by atoms with Gasteiger partial charge in [-0.1, -0.05) is 35.9 Å². The number of piperidine rings is 1. The molecule has 0 aliphatic carbocycles. The van der Waals surface area contributed by atoms with E-state index in [1.807, 2.05) is 107 Å². The number of likely N-dealkylation sites (tertiary alicyclic amines) is 1. The first-order chi connectivity index (χ1) is 21.7. The molecule has 0 bridgehead atoms. The van der Waals surface area contributed by atoms with Crippen LogP contribution in [0.25, 0.3) is 0 Å². The van der Waals surface area contributed by atoms with Crippen LogP contribution in [0, 0.1) is 5.92 Å². The van der Waals surface area contributed by atoms with Crippen molar-refractivity contribution >= 4 is 29.3 Å². The van der Waals surface area contributed by atoms with E-state index in [0.717, 1.165) is 27.9 Å². The second-order valence-corrected chi connectivity index (χ2v) is 14.1. The molecule has 1 fully saturated rings. The van der Waals surface area contributed by atoms with Crippen LogP contribution in [-0.2, 0) is 21.6 Å². The lowest BCUT2D eigenvalue weighted by Gasteiger charge is -2.41. The number of nitrogens with zero attached hydrogens (tertiary/aromatic N) is 2. The van der Waals surface area contributed by atoms with E-state index in [9.17, 15) is 14.7 Å². The average molecular weight is 649 g/mol. The number of methoxy groups -OCH3 is 1. The summed E-state index contributed by atoms with van der Waals surface area (Å²) in [6, 6.07) is 18.6. The molecule has 0 spiro atoms. The van der Waals surface area contributed by atoms with Crippen molar-refractivity contribution in [3.05, 3.63) is 87.9 Å². The molecule has 1 saturated heterocycles. The van der Waals surface area contributed by atoms with Crippen molar-refractivity contribution in [3.8, 4) is 11.5 Å². The Bertz CT molecular complexity index is 1550. The Labute approximate surface area is 277 Å². The van der Waals surface area contributed by atoms with E-state index in [0.29, 0.717) is 42.5 Å². The van der Waals surface area contributed by atoms with E-state index in [1.54, 1.807) is 12.0 Å². The number of amides is 2. The number of hydrogen-bond acceptors (Lipinski definition) is 6.